The number of benzene rings is 2. The molecule has 0 radical (unpaired) electrons. The summed E-state index contributed by atoms with van der Waals surface area (Å²) in [5, 5.41) is 8.84. The number of unbranched alkanes of at least 4 members (excludes halogenated alkanes) is 3. The molecule has 0 bridgehead atoms. The van der Waals surface area contributed by atoms with Crippen molar-refractivity contribution >= 4 is 11.8 Å². The first-order valence-corrected chi connectivity index (χ1v) is 8.98. The van der Waals surface area contributed by atoms with E-state index < -0.39 is 11.8 Å². The van der Waals surface area contributed by atoms with E-state index >= 15 is 0 Å². The zero-order valence-electron chi connectivity index (χ0n) is 15.4. The molecule has 0 saturated heterocycles. The Labute approximate surface area is 159 Å². The monoisotopic (exact) mass is 365 g/mol. The number of nitriles is 1. The number of nitrogens with zero attached hydrogens (tertiary/aromatic N) is 1. The maximum atomic E-state index is 11.3. The minimum Gasteiger partial charge on any atom is -0.494 e. The zero-order valence-corrected chi connectivity index (χ0v) is 15.4. The summed E-state index contributed by atoms with van der Waals surface area (Å²) in [6.07, 6.45) is 3.64. The molecule has 0 heterocycles. The van der Waals surface area contributed by atoms with Crippen LogP contribution in [-0.2, 0) is 14.3 Å². The Morgan fingerprint density at radius 2 is 1.48 bits per heavy atom. The Bertz CT molecular complexity index is 789. The molecule has 0 aliphatic carbocycles. The van der Waals surface area contributed by atoms with Gasteiger partial charge in [-0.15, -0.1) is 0 Å². The number of carbonyl (C=O) groups is 2. The van der Waals surface area contributed by atoms with Gasteiger partial charge in [0, 0.05) is 6.42 Å². The fourth-order valence-electron chi connectivity index (χ4n) is 2.63. The van der Waals surface area contributed by atoms with E-state index in [0.717, 1.165) is 36.1 Å². The van der Waals surface area contributed by atoms with Gasteiger partial charge in [0.05, 0.1) is 25.3 Å². The molecular weight excluding hydrogens is 342 g/mol. The molecule has 5 nitrogen and oxygen atoms in total. The highest BCUT2D eigenvalue weighted by atomic mass is 16.5. The summed E-state index contributed by atoms with van der Waals surface area (Å²) in [4.78, 5) is 22.3. The number of ketones is 1. The number of esters is 1. The van der Waals surface area contributed by atoms with Gasteiger partial charge < -0.3 is 9.47 Å². The normalized spacial score (nSPS) is 10.1. The number of hydrogen-bond acceptors (Lipinski definition) is 5. The molecule has 140 valence electrons. The average molecular weight is 365 g/mol. The topological polar surface area (TPSA) is 76.4 Å². The van der Waals surface area contributed by atoms with Crippen LogP contribution in [0.3, 0.4) is 0 Å². The van der Waals surface area contributed by atoms with Gasteiger partial charge in [0.15, 0.2) is 0 Å². The van der Waals surface area contributed by atoms with Crippen LogP contribution < -0.4 is 4.74 Å². The second-order valence-electron chi connectivity index (χ2n) is 6.14. The van der Waals surface area contributed by atoms with Crippen molar-refractivity contribution < 1.29 is 19.1 Å². The molecule has 0 aromatic heterocycles. The molecule has 0 amide bonds. The molecule has 2 aromatic rings. The maximum Gasteiger partial charge on any atom is 0.374 e. The van der Waals surface area contributed by atoms with Crippen LogP contribution in [0.5, 0.6) is 5.75 Å². The van der Waals surface area contributed by atoms with Crippen LogP contribution in [-0.4, -0.2) is 25.5 Å². The van der Waals surface area contributed by atoms with Crippen molar-refractivity contribution in [3.63, 3.8) is 0 Å². The number of rotatable bonds is 10. The van der Waals surface area contributed by atoms with Crippen molar-refractivity contribution in [2.45, 2.75) is 32.1 Å². The molecule has 27 heavy (non-hydrogen) atoms. The highest BCUT2D eigenvalue weighted by Crippen LogP contribution is 2.23. The van der Waals surface area contributed by atoms with E-state index in [2.05, 4.69) is 10.8 Å². The van der Waals surface area contributed by atoms with Gasteiger partial charge in [0.2, 0.25) is 5.78 Å². The molecule has 0 spiro atoms. The summed E-state index contributed by atoms with van der Waals surface area (Å²) in [6, 6.07) is 17.4. The van der Waals surface area contributed by atoms with E-state index in [1.54, 1.807) is 12.1 Å². The fourth-order valence-corrected chi connectivity index (χ4v) is 2.63. The third-order valence-electron chi connectivity index (χ3n) is 4.18. The van der Waals surface area contributed by atoms with Gasteiger partial charge >= 0.3 is 5.97 Å². The SMILES string of the molecule is COC(=O)C(=O)CCCCCCOc1ccc(-c2ccc(C#N)cc2)cc1. The lowest BCUT2D eigenvalue weighted by atomic mass is 10.0. The number of ether oxygens (including phenoxy) is 2. The molecule has 2 rings (SSSR count). The van der Waals surface area contributed by atoms with Crippen molar-refractivity contribution in [1.29, 1.82) is 5.26 Å². The highest BCUT2D eigenvalue weighted by Gasteiger charge is 2.12. The highest BCUT2D eigenvalue weighted by molar-refractivity contribution is 6.33. The van der Waals surface area contributed by atoms with E-state index in [4.69, 9.17) is 10.00 Å². The van der Waals surface area contributed by atoms with Crippen LogP contribution in [0.25, 0.3) is 11.1 Å². The third kappa shape index (κ3) is 6.59. The van der Waals surface area contributed by atoms with Crippen LogP contribution in [0.1, 0.15) is 37.7 Å². The summed E-state index contributed by atoms with van der Waals surface area (Å²) >= 11 is 0. The lowest BCUT2D eigenvalue weighted by Gasteiger charge is -2.07. The smallest absolute Gasteiger partial charge is 0.374 e. The predicted octanol–water partition coefficient (Wildman–Crippen LogP) is 4.30. The fraction of sp³-hybridized carbons (Fsp3) is 0.318. The molecule has 0 aliphatic rings. The van der Waals surface area contributed by atoms with Gasteiger partial charge in [-0.3, -0.25) is 4.79 Å². The quantitative estimate of drug-likeness (QED) is 0.356. The average Bonchev–Trinajstić information content (AvgIpc) is 2.72. The summed E-state index contributed by atoms with van der Waals surface area (Å²) in [5.74, 6) is -0.410. The molecule has 5 heteroatoms. The number of methoxy groups -OCH3 is 1. The van der Waals surface area contributed by atoms with Gasteiger partial charge in [-0.2, -0.15) is 5.26 Å². The second kappa shape index (κ2) is 10.8. The number of carbonyl (C=O) groups excluding carboxylic acids is 2. The largest absolute Gasteiger partial charge is 0.494 e. The van der Waals surface area contributed by atoms with Crippen molar-refractivity contribution in [1.82, 2.24) is 0 Å². The van der Waals surface area contributed by atoms with Crippen molar-refractivity contribution in [2.24, 2.45) is 0 Å². The van der Waals surface area contributed by atoms with Crippen molar-refractivity contribution in [2.75, 3.05) is 13.7 Å². The van der Waals surface area contributed by atoms with E-state index in [1.165, 1.54) is 7.11 Å². The van der Waals surface area contributed by atoms with Crippen LogP contribution in [0.4, 0.5) is 0 Å². The molecule has 0 unspecified atom stereocenters. The molecular formula is C22H23NO4. The van der Waals surface area contributed by atoms with Gasteiger partial charge in [0.25, 0.3) is 0 Å². The lowest BCUT2D eigenvalue weighted by molar-refractivity contribution is -0.151. The molecule has 0 aliphatic heterocycles. The Balaban J connectivity index is 1.66. The standard InChI is InChI=1S/C22H23NO4/c1-26-22(25)21(24)6-4-2-3-5-15-27-20-13-11-19(12-14-20)18-9-7-17(16-23)8-10-18/h7-14H,2-6,15H2,1H3. The Hall–Kier alpha value is -3.13. The third-order valence-corrected chi connectivity index (χ3v) is 4.18. The molecule has 0 atom stereocenters. The zero-order chi connectivity index (χ0) is 19.5. The van der Waals surface area contributed by atoms with E-state index in [-0.39, 0.29) is 6.42 Å². The van der Waals surface area contributed by atoms with Gasteiger partial charge in [-0.05, 0) is 48.2 Å². The summed E-state index contributed by atoms with van der Waals surface area (Å²) in [7, 11) is 1.22. The first-order chi connectivity index (χ1) is 13.1. The summed E-state index contributed by atoms with van der Waals surface area (Å²) < 4.78 is 10.1. The maximum absolute atomic E-state index is 11.3. The molecule has 0 N–H and O–H groups in total. The number of Topliss-reactive ketones (excluding diaryl/α,β-unsaturated/α-hetero) is 1. The molecule has 2 aromatic carbocycles. The van der Waals surface area contributed by atoms with Crippen LogP contribution in [0.2, 0.25) is 0 Å². The van der Waals surface area contributed by atoms with Gasteiger partial charge in [-0.25, -0.2) is 4.79 Å². The van der Waals surface area contributed by atoms with Gasteiger partial charge in [-0.1, -0.05) is 37.1 Å². The lowest BCUT2D eigenvalue weighted by Crippen LogP contribution is -2.14. The minimum absolute atomic E-state index is 0.240. The van der Waals surface area contributed by atoms with E-state index in [1.807, 2.05) is 36.4 Å². The Kier molecular flexibility index (Phi) is 8.05. The van der Waals surface area contributed by atoms with Crippen molar-refractivity contribution in [3.05, 3.63) is 54.1 Å². The summed E-state index contributed by atoms with van der Waals surface area (Å²) in [6.45, 7) is 0.612. The molecule has 0 fully saturated rings. The predicted molar refractivity (Wildman–Crippen MR) is 102 cm³/mol. The van der Waals surface area contributed by atoms with Crippen LogP contribution in [0, 0.1) is 11.3 Å². The van der Waals surface area contributed by atoms with E-state index in [9.17, 15) is 9.59 Å². The van der Waals surface area contributed by atoms with E-state index in [0.29, 0.717) is 18.6 Å². The Morgan fingerprint density at radius 3 is 2.07 bits per heavy atom. The van der Waals surface area contributed by atoms with Gasteiger partial charge in [0.1, 0.15) is 5.75 Å². The van der Waals surface area contributed by atoms with Crippen LogP contribution in [0.15, 0.2) is 48.5 Å². The van der Waals surface area contributed by atoms with Crippen LogP contribution >= 0.6 is 0 Å². The Morgan fingerprint density at radius 1 is 0.889 bits per heavy atom. The first kappa shape index (κ1) is 20.2. The molecule has 0 saturated carbocycles. The summed E-state index contributed by atoms with van der Waals surface area (Å²) in [5.41, 5.74) is 2.78. The second-order valence-corrected chi connectivity index (χ2v) is 6.14. The van der Waals surface area contributed by atoms with Crippen molar-refractivity contribution in [3.8, 4) is 22.9 Å². The number of hydrogen-bond donors (Lipinski definition) is 0. The first-order valence-electron chi connectivity index (χ1n) is 8.98. The minimum atomic E-state index is -0.761.